The van der Waals surface area contributed by atoms with Crippen molar-refractivity contribution in [2.24, 2.45) is 5.92 Å². The van der Waals surface area contributed by atoms with Gasteiger partial charge in [-0.1, -0.05) is 20.8 Å². The summed E-state index contributed by atoms with van der Waals surface area (Å²) in [5.74, 6) is 0.966. The molecule has 0 radical (unpaired) electrons. The van der Waals surface area contributed by atoms with Crippen molar-refractivity contribution < 1.29 is 0 Å². The van der Waals surface area contributed by atoms with E-state index in [0.717, 1.165) is 5.92 Å². The van der Waals surface area contributed by atoms with Gasteiger partial charge in [0.25, 0.3) is 0 Å². The molecule has 0 amide bonds. The van der Waals surface area contributed by atoms with E-state index in [1.165, 1.54) is 58.5 Å². The molecule has 0 aromatic carbocycles. The van der Waals surface area contributed by atoms with Gasteiger partial charge < -0.3 is 14.7 Å². The van der Waals surface area contributed by atoms with Crippen molar-refractivity contribution in [2.75, 3.05) is 53.4 Å². The summed E-state index contributed by atoms with van der Waals surface area (Å²) in [6, 6.07) is 0.659. The lowest BCUT2D eigenvalue weighted by Gasteiger charge is -2.32. The molecule has 0 saturated carbocycles. The van der Waals surface area contributed by atoms with E-state index in [1.54, 1.807) is 0 Å². The van der Waals surface area contributed by atoms with E-state index in [9.17, 15) is 0 Å². The van der Waals surface area contributed by atoms with Crippen LogP contribution in [-0.4, -0.2) is 74.1 Å². The summed E-state index contributed by atoms with van der Waals surface area (Å²) >= 11 is 0. The average Bonchev–Trinajstić information content (AvgIpc) is 2.52. The van der Waals surface area contributed by atoms with Crippen molar-refractivity contribution in [3.05, 3.63) is 0 Å². The Morgan fingerprint density at radius 3 is 2.05 bits per heavy atom. The predicted octanol–water partition coefficient (Wildman–Crippen LogP) is 3.41. The van der Waals surface area contributed by atoms with Crippen LogP contribution in [0.3, 0.4) is 0 Å². The Bertz CT molecular complexity index is 223. The van der Waals surface area contributed by atoms with Gasteiger partial charge in [-0.2, -0.15) is 0 Å². The van der Waals surface area contributed by atoms with Gasteiger partial charge in [-0.15, -0.1) is 0 Å². The van der Waals surface area contributed by atoms with Crippen LogP contribution in [-0.2, 0) is 0 Å². The Balaban J connectivity index is 0.00000191. The SMILES string of the molecule is CC.CCN1CCC(CCN(C)CCN(C)C(C)C)CC1. The molecular weight excluding hydrogens is 258 g/mol. The van der Waals surface area contributed by atoms with Gasteiger partial charge in [0.05, 0.1) is 0 Å². The highest BCUT2D eigenvalue weighted by atomic mass is 15.2. The number of rotatable bonds is 8. The summed E-state index contributed by atoms with van der Waals surface area (Å²) in [7, 11) is 4.49. The minimum atomic E-state index is 0.659. The topological polar surface area (TPSA) is 9.72 Å². The molecule has 3 nitrogen and oxygen atoms in total. The molecule has 1 aliphatic heterocycles. The van der Waals surface area contributed by atoms with E-state index in [2.05, 4.69) is 49.6 Å². The van der Waals surface area contributed by atoms with E-state index in [1.807, 2.05) is 13.8 Å². The quantitative estimate of drug-likeness (QED) is 0.680. The van der Waals surface area contributed by atoms with E-state index < -0.39 is 0 Å². The van der Waals surface area contributed by atoms with Crippen LogP contribution in [0.25, 0.3) is 0 Å². The molecule has 0 atom stereocenters. The summed E-state index contributed by atoms with van der Waals surface area (Å²) in [5.41, 5.74) is 0. The Morgan fingerprint density at radius 1 is 1.00 bits per heavy atom. The highest BCUT2D eigenvalue weighted by Gasteiger charge is 2.18. The smallest absolute Gasteiger partial charge is 0.0109 e. The molecule has 1 aliphatic rings. The third-order valence-corrected chi connectivity index (χ3v) is 4.79. The molecule has 128 valence electrons. The molecule has 1 rings (SSSR count). The molecule has 3 heteroatoms. The number of hydrogen-bond acceptors (Lipinski definition) is 3. The van der Waals surface area contributed by atoms with Gasteiger partial charge >= 0.3 is 0 Å². The zero-order chi connectivity index (χ0) is 16.3. The first-order chi connectivity index (χ1) is 10.0. The zero-order valence-corrected chi connectivity index (χ0v) is 15.9. The van der Waals surface area contributed by atoms with Gasteiger partial charge in [-0.3, -0.25) is 0 Å². The zero-order valence-electron chi connectivity index (χ0n) is 15.9. The average molecular weight is 300 g/mol. The minimum absolute atomic E-state index is 0.659. The van der Waals surface area contributed by atoms with E-state index in [4.69, 9.17) is 0 Å². The van der Waals surface area contributed by atoms with Gasteiger partial charge in [-0.05, 0) is 79.3 Å². The lowest BCUT2D eigenvalue weighted by Crippen LogP contribution is -2.37. The van der Waals surface area contributed by atoms with Crippen molar-refractivity contribution in [2.45, 2.75) is 59.9 Å². The normalized spacial score (nSPS) is 17.4. The van der Waals surface area contributed by atoms with Crippen molar-refractivity contribution in [1.29, 1.82) is 0 Å². The first kappa shape index (κ1) is 20.9. The molecule has 0 aliphatic carbocycles. The maximum absolute atomic E-state index is 2.58. The molecule has 1 heterocycles. The van der Waals surface area contributed by atoms with Crippen LogP contribution in [0.4, 0.5) is 0 Å². The van der Waals surface area contributed by atoms with Gasteiger partial charge in [0.1, 0.15) is 0 Å². The summed E-state index contributed by atoms with van der Waals surface area (Å²) < 4.78 is 0. The number of nitrogens with zero attached hydrogens (tertiary/aromatic N) is 3. The summed E-state index contributed by atoms with van der Waals surface area (Å²) in [6.07, 6.45) is 4.21. The molecule has 21 heavy (non-hydrogen) atoms. The van der Waals surface area contributed by atoms with Crippen molar-refractivity contribution >= 4 is 0 Å². The molecule has 0 aromatic rings. The van der Waals surface area contributed by atoms with Crippen LogP contribution in [0, 0.1) is 5.92 Å². The molecular formula is C18H41N3. The maximum Gasteiger partial charge on any atom is 0.0109 e. The van der Waals surface area contributed by atoms with Crippen LogP contribution < -0.4 is 0 Å². The number of likely N-dealkylation sites (N-methyl/N-ethyl adjacent to an activating group) is 2. The Labute approximate surface area is 134 Å². The third-order valence-electron chi connectivity index (χ3n) is 4.79. The summed E-state index contributed by atoms with van der Waals surface area (Å²) in [6.45, 7) is 18.3. The predicted molar refractivity (Wildman–Crippen MR) is 96.1 cm³/mol. The first-order valence-electron chi connectivity index (χ1n) is 9.14. The van der Waals surface area contributed by atoms with Crippen LogP contribution in [0.15, 0.2) is 0 Å². The standard InChI is InChI=1S/C16H35N3.C2H6/c1-6-19-11-8-16(9-12-19)7-10-17(4)13-14-18(5)15(2)3;1-2/h15-16H,6-14H2,1-5H3;1-2H3. The van der Waals surface area contributed by atoms with Gasteiger partial charge in [0, 0.05) is 19.1 Å². The van der Waals surface area contributed by atoms with Crippen molar-refractivity contribution in [3.63, 3.8) is 0 Å². The van der Waals surface area contributed by atoms with Gasteiger partial charge in [0.2, 0.25) is 0 Å². The molecule has 1 fully saturated rings. The Morgan fingerprint density at radius 2 is 1.57 bits per heavy atom. The van der Waals surface area contributed by atoms with Gasteiger partial charge in [-0.25, -0.2) is 0 Å². The molecule has 0 N–H and O–H groups in total. The van der Waals surface area contributed by atoms with E-state index >= 15 is 0 Å². The second-order valence-corrected chi connectivity index (χ2v) is 6.54. The molecule has 0 aromatic heterocycles. The first-order valence-corrected chi connectivity index (χ1v) is 9.14. The second-order valence-electron chi connectivity index (χ2n) is 6.54. The van der Waals surface area contributed by atoms with E-state index in [-0.39, 0.29) is 0 Å². The molecule has 0 spiro atoms. The number of piperidine rings is 1. The van der Waals surface area contributed by atoms with Gasteiger partial charge in [0.15, 0.2) is 0 Å². The Hall–Kier alpha value is -0.120. The van der Waals surface area contributed by atoms with Crippen LogP contribution in [0.2, 0.25) is 0 Å². The van der Waals surface area contributed by atoms with Crippen LogP contribution >= 0.6 is 0 Å². The Kier molecular flexibility index (Phi) is 12.4. The van der Waals surface area contributed by atoms with Crippen molar-refractivity contribution in [3.8, 4) is 0 Å². The number of likely N-dealkylation sites (tertiary alicyclic amines) is 1. The van der Waals surface area contributed by atoms with Crippen LogP contribution in [0.1, 0.15) is 53.9 Å². The third kappa shape index (κ3) is 9.49. The monoisotopic (exact) mass is 299 g/mol. The minimum Gasteiger partial charge on any atom is -0.305 e. The highest BCUT2D eigenvalue weighted by Crippen LogP contribution is 2.20. The van der Waals surface area contributed by atoms with Crippen LogP contribution in [0.5, 0.6) is 0 Å². The maximum atomic E-state index is 2.58. The van der Waals surface area contributed by atoms with E-state index in [0.29, 0.717) is 6.04 Å². The largest absolute Gasteiger partial charge is 0.305 e. The molecule has 0 unspecified atom stereocenters. The fourth-order valence-corrected chi connectivity index (χ4v) is 2.69. The fourth-order valence-electron chi connectivity index (χ4n) is 2.69. The number of hydrogen-bond donors (Lipinski definition) is 0. The summed E-state index contributed by atoms with van der Waals surface area (Å²) in [4.78, 5) is 7.51. The lowest BCUT2D eigenvalue weighted by molar-refractivity contribution is 0.169. The van der Waals surface area contributed by atoms with Crippen molar-refractivity contribution in [1.82, 2.24) is 14.7 Å². The molecule has 0 bridgehead atoms. The lowest BCUT2D eigenvalue weighted by atomic mass is 9.93. The fraction of sp³-hybridized carbons (Fsp3) is 1.00. The highest BCUT2D eigenvalue weighted by molar-refractivity contribution is 4.72. The second kappa shape index (κ2) is 12.4. The molecule has 1 saturated heterocycles. The summed E-state index contributed by atoms with van der Waals surface area (Å²) in [5, 5.41) is 0.